The van der Waals surface area contributed by atoms with Gasteiger partial charge in [0, 0.05) is 37.9 Å². The SMILES string of the molecule is CCN(CC)c1ccc(N)c(CCNC(C)=O)c1. The van der Waals surface area contributed by atoms with Gasteiger partial charge in [-0.25, -0.2) is 0 Å². The quantitative estimate of drug-likeness (QED) is 0.756. The fourth-order valence-corrected chi connectivity index (χ4v) is 1.97. The van der Waals surface area contributed by atoms with Crippen molar-refractivity contribution in [1.29, 1.82) is 0 Å². The molecule has 0 unspecified atom stereocenters. The predicted molar refractivity (Wildman–Crippen MR) is 76.8 cm³/mol. The standard InChI is InChI=1S/C14H23N3O/c1-4-17(5-2)13-6-7-14(15)12(10-13)8-9-16-11(3)18/h6-7,10H,4-5,8-9,15H2,1-3H3,(H,16,18). The summed E-state index contributed by atoms with van der Waals surface area (Å²) in [5.41, 5.74) is 9.02. The molecule has 0 spiro atoms. The molecule has 18 heavy (non-hydrogen) atoms. The Morgan fingerprint density at radius 3 is 2.56 bits per heavy atom. The summed E-state index contributed by atoms with van der Waals surface area (Å²) < 4.78 is 0. The van der Waals surface area contributed by atoms with E-state index in [2.05, 4.69) is 30.1 Å². The van der Waals surface area contributed by atoms with E-state index in [4.69, 9.17) is 5.73 Å². The highest BCUT2D eigenvalue weighted by molar-refractivity contribution is 5.72. The largest absolute Gasteiger partial charge is 0.399 e. The Kier molecular flexibility index (Phi) is 5.49. The number of nitrogens with zero attached hydrogens (tertiary/aromatic N) is 1. The van der Waals surface area contributed by atoms with E-state index < -0.39 is 0 Å². The molecule has 0 atom stereocenters. The molecule has 1 aromatic rings. The van der Waals surface area contributed by atoms with Crippen LogP contribution < -0.4 is 16.0 Å². The van der Waals surface area contributed by atoms with Gasteiger partial charge in [-0.05, 0) is 44.0 Å². The lowest BCUT2D eigenvalue weighted by Crippen LogP contribution is -2.24. The van der Waals surface area contributed by atoms with Crippen LogP contribution in [0.5, 0.6) is 0 Å². The maximum Gasteiger partial charge on any atom is 0.216 e. The van der Waals surface area contributed by atoms with E-state index in [0.29, 0.717) is 6.54 Å². The molecule has 0 aliphatic rings. The molecule has 4 nitrogen and oxygen atoms in total. The Morgan fingerprint density at radius 2 is 2.00 bits per heavy atom. The molecule has 1 amide bonds. The minimum Gasteiger partial charge on any atom is -0.399 e. The molecular weight excluding hydrogens is 226 g/mol. The number of nitrogens with one attached hydrogen (secondary N) is 1. The van der Waals surface area contributed by atoms with Crippen molar-refractivity contribution < 1.29 is 4.79 Å². The van der Waals surface area contributed by atoms with Crippen molar-refractivity contribution in [2.75, 3.05) is 30.3 Å². The second kappa shape index (κ2) is 6.89. The first-order valence-electron chi connectivity index (χ1n) is 6.46. The Bertz CT molecular complexity index is 400. The third kappa shape index (κ3) is 3.95. The Balaban J connectivity index is 2.77. The van der Waals surface area contributed by atoms with E-state index >= 15 is 0 Å². The van der Waals surface area contributed by atoms with Crippen LogP contribution in [0.15, 0.2) is 18.2 Å². The molecule has 0 aliphatic carbocycles. The molecule has 0 fully saturated rings. The van der Waals surface area contributed by atoms with Gasteiger partial charge in [-0.3, -0.25) is 4.79 Å². The van der Waals surface area contributed by atoms with Gasteiger partial charge in [-0.2, -0.15) is 0 Å². The Labute approximate surface area is 109 Å². The third-order valence-corrected chi connectivity index (χ3v) is 3.02. The molecule has 0 radical (unpaired) electrons. The van der Waals surface area contributed by atoms with Crippen molar-refractivity contribution in [3.63, 3.8) is 0 Å². The van der Waals surface area contributed by atoms with Crippen LogP contribution in [0, 0.1) is 0 Å². The van der Waals surface area contributed by atoms with Crippen LogP contribution in [0.3, 0.4) is 0 Å². The van der Waals surface area contributed by atoms with Gasteiger partial charge in [-0.1, -0.05) is 0 Å². The molecule has 0 saturated carbocycles. The molecule has 3 N–H and O–H groups in total. The van der Waals surface area contributed by atoms with Crippen molar-refractivity contribution >= 4 is 17.3 Å². The maximum absolute atomic E-state index is 10.8. The van der Waals surface area contributed by atoms with Gasteiger partial charge < -0.3 is 16.0 Å². The topological polar surface area (TPSA) is 58.4 Å². The summed E-state index contributed by atoms with van der Waals surface area (Å²) in [5.74, 6) is -0.00605. The molecule has 0 saturated heterocycles. The monoisotopic (exact) mass is 249 g/mol. The Hall–Kier alpha value is -1.71. The van der Waals surface area contributed by atoms with Crippen LogP contribution in [0.4, 0.5) is 11.4 Å². The number of rotatable bonds is 6. The fraction of sp³-hybridized carbons (Fsp3) is 0.500. The van der Waals surface area contributed by atoms with Crippen molar-refractivity contribution in [3.05, 3.63) is 23.8 Å². The third-order valence-electron chi connectivity index (χ3n) is 3.02. The molecule has 4 heteroatoms. The summed E-state index contributed by atoms with van der Waals surface area (Å²) in [6, 6.07) is 6.10. The zero-order valence-electron chi connectivity index (χ0n) is 11.5. The Morgan fingerprint density at radius 1 is 1.33 bits per heavy atom. The number of nitrogen functional groups attached to an aromatic ring is 1. The van der Waals surface area contributed by atoms with Crippen LogP contribution in [0.1, 0.15) is 26.3 Å². The van der Waals surface area contributed by atoms with Crippen molar-refractivity contribution in [2.45, 2.75) is 27.2 Å². The van der Waals surface area contributed by atoms with Gasteiger partial charge in [0.05, 0.1) is 0 Å². The number of anilines is 2. The zero-order chi connectivity index (χ0) is 13.5. The average Bonchev–Trinajstić information content (AvgIpc) is 2.34. The predicted octanol–water partition coefficient (Wildman–Crippen LogP) is 1.79. The highest BCUT2D eigenvalue weighted by Gasteiger charge is 2.06. The van der Waals surface area contributed by atoms with E-state index in [1.165, 1.54) is 12.6 Å². The van der Waals surface area contributed by atoms with Gasteiger partial charge in [0.2, 0.25) is 5.91 Å². The smallest absolute Gasteiger partial charge is 0.216 e. The first-order valence-corrected chi connectivity index (χ1v) is 6.46. The van der Waals surface area contributed by atoms with Crippen LogP contribution >= 0.6 is 0 Å². The van der Waals surface area contributed by atoms with Crippen LogP contribution in [-0.4, -0.2) is 25.5 Å². The van der Waals surface area contributed by atoms with E-state index in [1.807, 2.05) is 12.1 Å². The first kappa shape index (κ1) is 14.4. The number of hydrogen-bond donors (Lipinski definition) is 2. The molecule has 0 aliphatic heterocycles. The van der Waals surface area contributed by atoms with Crippen molar-refractivity contribution in [2.24, 2.45) is 0 Å². The molecule has 0 bridgehead atoms. The van der Waals surface area contributed by atoms with Gasteiger partial charge in [0.15, 0.2) is 0 Å². The summed E-state index contributed by atoms with van der Waals surface area (Å²) in [4.78, 5) is 13.1. The molecule has 0 heterocycles. The maximum atomic E-state index is 10.8. The van der Waals surface area contributed by atoms with Gasteiger partial charge in [0.25, 0.3) is 0 Å². The molecule has 1 aromatic carbocycles. The van der Waals surface area contributed by atoms with Crippen molar-refractivity contribution in [1.82, 2.24) is 5.32 Å². The lowest BCUT2D eigenvalue weighted by Gasteiger charge is -2.22. The van der Waals surface area contributed by atoms with Crippen molar-refractivity contribution in [3.8, 4) is 0 Å². The molecular formula is C14H23N3O. The molecule has 0 aromatic heterocycles. The number of benzene rings is 1. The molecule has 1 rings (SSSR count). The second-order valence-corrected chi connectivity index (χ2v) is 4.29. The summed E-state index contributed by atoms with van der Waals surface area (Å²) in [6.07, 6.45) is 0.764. The number of hydrogen-bond acceptors (Lipinski definition) is 3. The fourth-order valence-electron chi connectivity index (χ4n) is 1.97. The average molecular weight is 249 g/mol. The van der Waals surface area contributed by atoms with Crippen LogP contribution in [0.2, 0.25) is 0 Å². The lowest BCUT2D eigenvalue weighted by molar-refractivity contribution is -0.118. The highest BCUT2D eigenvalue weighted by Crippen LogP contribution is 2.21. The van der Waals surface area contributed by atoms with E-state index in [0.717, 1.165) is 30.8 Å². The second-order valence-electron chi connectivity index (χ2n) is 4.29. The first-order chi connectivity index (χ1) is 8.58. The number of amides is 1. The lowest BCUT2D eigenvalue weighted by atomic mass is 10.1. The van der Waals surface area contributed by atoms with Crippen LogP contribution in [0.25, 0.3) is 0 Å². The highest BCUT2D eigenvalue weighted by atomic mass is 16.1. The summed E-state index contributed by atoms with van der Waals surface area (Å²) in [6.45, 7) is 8.38. The summed E-state index contributed by atoms with van der Waals surface area (Å²) in [7, 11) is 0. The van der Waals surface area contributed by atoms with Crippen LogP contribution in [-0.2, 0) is 11.2 Å². The zero-order valence-corrected chi connectivity index (χ0v) is 11.5. The summed E-state index contributed by atoms with van der Waals surface area (Å²) in [5, 5.41) is 2.79. The summed E-state index contributed by atoms with van der Waals surface area (Å²) >= 11 is 0. The van der Waals surface area contributed by atoms with E-state index in [-0.39, 0.29) is 5.91 Å². The number of nitrogens with two attached hydrogens (primary N) is 1. The minimum absolute atomic E-state index is 0.00605. The van der Waals surface area contributed by atoms with Gasteiger partial charge in [-0.15, -0.1) is 0 Å². The van der Waals surface area contributed by atoms with E-state index in [1.54, 1.807) is 0 Å². The van der Waals surface area contributed by atoms with Gasteiger partial charge >= 0.3 is 0 Å². The van der Waals surface area contributed by atoms with Gasteiger partial charge in [0.1, 0.15) is 0 Å². The number of carbonyl (C=O) groups is 1. The molecule has 100 valence electrons. The minimum atomic E-state index is -0.00605. The van der Waals surface area contributed by atoms with E-state index in [9.17, 15) is 4.79 Å². The number of carbonyl (C=O) groups excluding carboxylic acids is 1. The normalized spacial score (nSPS) is 10.2.